The molecule has 2 unspecified atom stereocenters. The minimum absolute atomic E-state index is 0. The first-order chi connectivity index (χ1) is 19.2. The highest BCUT2D eigenvalue weighted by atomic mass is 35.5. The Labute approximate surface area is 247 Å². The van der Waals surface area contributed by atoms with Crippen LogP contribution in [0.4, 0.5) is 19.5 Å². The van der Waals surface area contributed by atoms with Crippen LogP contribution in [0.2, 0.25) is 0 Å². The SMILES string of the molecule is CC(Cc1cc(F)cc2c(C(=O)O)coc12)NC(=O)OC(C)(C)C.CC(N)Cc1cc(F)cc2cc(NC=O)oc12.Cl. The highest BCUT2D eigenvalue weighted by Gasteiger charge is 2.21. The lowest BCUT2D eigenvalue weighted by molar-refractivity contribution is -0.105. The van der Waals surface area contributed by atoms with Crippen molar-refractivity contribution in [2.24, 2.45) is 5.73 Å². The van der Waals surface area contributed by atoms with Crippen molar-refractivity contribution in [2.45, 2.75) is 65.1 Å². The van der Waals surface area contributed by atoms with Gasteiger partial charge in [0.1, 0.15) is 40.2 Å². The van der Waals surface area contributed by atoms with Crippen LogP contribution in [0.5, 0.6) is 0 Å². The molecular formula is C29H34ClF2N3O7. The van der Waals surface area contributed by atoms with Gasteiger partial charge in [-0.3, -0.25) is 10.1 Å². The number of carboxylic acids is 1. The number of hydrogen-bond acceptors (Lipinski definition) is 7. The van der Waals surface area contributed by atoms with Crippen molar-refractivity contribution >= 4 is 58.7 Å². The molecule has 10 nitrogen and oxygen atoms in total. The monoisotopic (exact) mass is 609 g/mol. The van der Waals surface area contributed by atoms with Crippen molar-refractivity contribution < 1.29 is 41.8 Å². The average molecular weight is 610 g/mol. The number of furan rings is 2. The summed E-state index contributed by atoms with van der Waals surface area (Å²) in [5, 5.41) is 15.0. The van der Waals surface area contributed by atoms with E-state index in [1.165, 1.54) is 18.2 Å². The fourth-order valence-corrected chi connectivity index (χ4v) is 4.19. The maximum Gasteiger partial charge on any atom is 0.407 e. The van der Waals surface area contributed by atoms with Gasteiger partial charge in [0.15, 0.2) is 0 Å². The Morgan fingerprint density at radius 3 is 2.24 bits per heavy atom. The molecule has 13 heteroatoms. The van der Waals surface area contributed by atoms with Crippen LogP contribution in [0.1, 0.15) is 56.1 Å². The predicted molar refractivity (Wildman–Crippen MR) is 156 cm³/mol. The zero-order valence-corrected chi connectivity index (χ0v) is 24.6. The highest BCUT2D eigenvalue weighted by molar-refractivity contribution is 6.03. The Kier molecular flexibility index (Phi) is 11.5. The number of benzene rings is 2. The normalized spacial score (nSPS) is 12.5. The second kappa shape index (κ2) is 14.1. The van der Waals surface area contributed by atoms with Crippen LogP contribution in [0.15, 0.2) is 45.4 Å². The largest absolute Gasteiger partial charge is 0.478 e. The molecule has 0 fully saturated rings. The second-order valence-corrected chi connectivity index (χ2v) is 10.7. The third kappa shape index (κ3) is 9.18. The maximum absolute atomic E-state index is 13.8. The minimum Gasteiger partial charge on any atom is -0.478 e. The first kappa shape index (κ1) is 34.0. The van der Waals surface area contributed by atoms with E-state index in [-0.39, 0.29) is 47.7 Å². The van der Waals surface area contributed by atoms with Gasteiger partial charge in [-0.2, -0.15) is 0 Å². The molecule has 2 amide bonds. The Balaban J connectivity index is 0.000000302. The second-order valence-electron chi connectivity index (χ2n) is 10.7. The molecular weight excluding hydrogens is 576 g/mol. The fourth-order valence-electron chi connectivity index (χ4n) is 4.19. The Hall–Kier alpha value is -4.16. The predicted octanol–water partition coefficient (Wildman–Crippen LogP) is 6.18. The van der Waals surface area contributed by atoms with Crippen molar-refractivity contribution in [1.82, 2.24) is 5.32 Å². The fraction of sp³-hybridized carbons (Fsp3) is 0.345. The molecule has 2 heterocycles. The summed E-state index contributed by atoms with van der Waals surface area (Å²) in [7, 11) is 0. The van der Waals surface area contributed by atoms with Gasteiger partial charge in [-0.25, -0.2) is 18.4 Å². The van der Waals surface area contributed by atoms with Crippen LogP contribution in [0.25, 0.3) is 21.9 Å². The van der Waals surface area contributed by atoms with Crippen molar-refractivity contribution in [1.29, 1.82) is 0 Å². The van der Waals surface area contributed by atoms with E-state index in [1.807, 2.05) is 6.92 Å². The van der Waals surface area contributed by atoms with E-state index in [2.05, 4.69) is 10.6 Å². The third-order valence-corrected chi connectivity index (χ3v) is 5.64. The number of carbonyl (C=O) groups excluding carboxylic acids is 2. The van der Waals surface area contributed by atoms with E-state index < -0.39 is 23.5 Å². The first-order valence-corrected chi connectivity index (χ1v) is 12.8. The lowest BCUT2D eigenvalue weighted by atomic mass is 10.0. The number of carboxylic acid groups (broad SMARTS) is 1. The summed E-state index contributed by atoms with van der Waals surface area (Å²) in [6.45, 7) is 8.84. The van der Waals surface area contributed by atoms with Gasteiger partial charge in [-0.05, 0) is 77.3 Å². The van der Waals surface area contributed by atoms with Gasteiger partial charge in [-0.15, -0.1) is 12.4 Å². The van der Waals surface area contributed by atoms with Crippen molar-refractivity contribution in [2.75, 3.05) is 5.32 Å². The van der Waals surface area contributed by atoms with E-state index >= 15 is 0 Å². The number of alkyl carbamates (subject to hydrolysis) is 1. The van der Waals surface area contributed by atoms with Crippen LogP contribution < -0.4 is 16.4 Å². The minimum atomic E-state index is -1.19. The molecule has 0 radical (unpaired) electrons. The third-order valence-electron chi connectivity index (χ3n) is 5.64. The number of aromatic carboxylic acids is 1. The standard InChI is InChI=1S/C17H20FNO5.C12H13FN2O2.ClH/c1-9(19-16(22)24-17(2,3)4)5-10-6-11(18)7-12-13(15(20)21)8-23-14(10)12;1-7(14)2-8-3-10(13)4-9-5-11(15-6-16)17-12(8)9;/h6-9H,5H2,1-4H3,(H,19,22)(H,20,21);3-7H,2,14H2,1H3,(H,15,16);1H. The molecule has 0 bridgehead atoms. The van der Waals surface area contributed by atoms with Crippen LogP contribution >= 0.6 is 12.4 Å². The van der Waals surface area contributed by atoms with Crippen LogP contribution in [0, 0.1) is 11.6 Å². The molecule has 0 aliphatic rings. The number of nitrogens with two attached hydrogens (primary N) is 1. The van der Waals surface area contributed by atoms with Crippen molar-refractivity contribution in [3.8, 4) is 0 Å². The number of nitrogens with one attached hydrogen (secondary N) is 2. The van der Waals surface area contributed by atoms with Crippen molar-refractivity contribution in [3.63, 3.8) is 0 Å². The molecule has 2 atom stereocenters. The first-order valence-electron chi connectivity index (χ1n) is 12.8. The van der Waals surface area contributed by atoms with E-state index in [0.29, 0.717) is 46.4 Å². The molecule has 0 spiro atoms. The van der Waals surface area contributed by atoms with Gasteiger partial charge in [0.05, 0.1) is 0 Å². The summed E-state index contributed by atoms with van der Waals surface area (Å²) in [6, 6.07) is 6.29. The number of hydrogen-bond donors (Lipinski definition) is 4. The number of fused-ring (bicyclic) bond motifs is 2. The molecule has 0 saturated carbocycles. The quantitative estimate of drug-likeness (QED) is 0.173. The number of amides is 2. The summed E-state index contributed by atoms with van der Waals surface area (Å²) in [4.78, 5) is 33.2. The molecule has 0 aliphatic carbocycles. The molecule has 4 rings (SSSR count). The molecule has 228 valence electrons. The van der Waals surface area contributed by atoms with Gasteiger partial charge in [-0.1, -0.05) is 0 Å². The maximum atomic E-state index is 13.8. The molecule has 4 aromatic rings. The number of anilines is 1. The summed E-state index contributed by atoms with van der Waals surface area (Å²) < 4.78 is 43.1. The van der Waals surface area contributed by atoms with Gasteiger partial charge in [0.2, 0.25) is 12.3 Å². The number of rotatable bonds is 8. The zero-order valence-electron chi connectivity index (χ0n) is 23.7. The van der Waals surface area contributed by atoms with Crippen molar-refractivity contribution in [3.05, 3.63) is 64.9 Å². The van der Waals surface area contributed by atoms with E-state index in [4.69, 9.17) is 24.4 Å². The summed E-state index contributed by atoms with van der Waals surface area (Å²) in [6.07, 6.45) is 1.80. The van der Waals surface area contributed by atoms with Crippen LogP contribution in [-0.2, 0) is 22.4 Å². The topological polar surface area (TPSA) is 157 Å². The van der Waals surface area contributed by atoms with Gasteiger partial charge >= 0.3 is 12.1 Å². The molecule has 42 heavy (non-hydrogen) atoms. The summed E-state index contributed by atoms with van der Waals surface area (Å²) in [5.41, 5.74) is 7.02. The molecule has 2 aromatic heterocycles. The van der Waals surface area contributed by atoms with Crippen LogP contribution in [-0.4, -0.2) is 41.3 Å². The van der Waals surface area contributed by atoms with E-state index in [0.717, 1.165) is 12.3 Å². The molecule has 0 aliphatic heterocycles. The van der Waals surface area contributed by atoms with E-state index in [1.54, 1.807) is 33.8 Å². The summed E-state index contributed by atoms with van der Waals surface area (Å²) >= 11 is 0. The van der Waals surface area contributed by atoms with Gasteiger partial charge < -0.3 is 29.7 Å². The Morgan fingerprint density at radius 2 is 1.67 bits per heavy atom. The molecule has 5 N–H and O–H groups in total. The van der Waals surface area contributed by atoms with E-state index in [9.17, 15) is 23.2 Å². The van der Waals surface area contributed by atoms with Gasteiger partial charge in [0.25, 0.3) is 0 Å². The number of carbonyl (C=O) groups is 3. The Morgan fingerprint density at radius 1 is 1.05 bits per heavy atom. The lowest BCUT2D eigenvalue weighted by Gasteiger charge is -2.22. The smallest absolute Gasteiger partial charge is 0.407 e. The summed E-state index contributed by atoms with van der Waals surface area (Å²) in [5.74, 6) is -1.80. The number of halogens is 3. The molecule has 2 aromatic carbocycles. The average Bonchev–Trinajstić information content (AvgIpc) is 3.42. The van der Waals surface area contributed by atoms with Gasteiger partial charge in [0, 0.05) is 34.5 Å². The lowest BCUT2D eigenvalue weighted by Crippen LogP contribution is -2.38. The Bertz CT molecular complexity index is 1560. The number of ether oxygens (including phenoxy) is 1. The zero-order chi connectivity index (χ0) is 30.5. The van der Waals surface area contributed by atoms with Crippen LogP contribution in [0.3, 0.4) is 0 Å². The molecule has 0 saturated heterocycles. The highest BCUT2D eigenvalue weighted by Crippen LogP contribution is 2.29.